The van der Waals surface area contributed by atoms with E-state index in [0.717, 1.165) is 24.6 Å². The van der Waals surface area contributed by atoms with Gasteiger partial charge in [0.2, 0.25) is 0 Å². The van der Waals surface area contributed by atoms with Crippen molar-refractivity contribution in [1.29, 1.82) is 0 Å². The molecule has 1 N–H and O–H groups in total. The molecule has 0 heterocycles. The molecule has 1 unspecified atom stereocenters. The molecule has 5 nitrogen and oxygen atoms in total. The second-order valence-corrected chi connectivity index (χ2v) is 6.43. The minimum absolute atomic E-state index is 0.0663. The van der Waals surface area contributed by atoms with Gasteiger partial charge >= 0.3 is 12.5 Å². The number of hydrogen-bond acceptors (Lipinski definition) is 4. The molecule has 0 aliphatic carbocycles. The van der Waals surface area contributed by atoms with Crippen LogP contribution in [0.4, 0.5) is 22.4 Å². The number of nitrogens with one attached hydrogen (secondary N) is 1. The number of carbonyl (C=O) groups excluding carboxylic acids is 1. The van der Waals surface area contributed by atoms with E-state index in [2.05, 4.69) is 16.6 Å². The minimum atomic E-state index is -5.04. The maximum atomic E-state index is 13.5. The van der Waals surface area contributed by atoms with Gasteiger partial charge in [-0.2, -0.15) is 0 Å². The van der Waals surface area contributed by atoms with Gasteiger partial charge in [-0.05, 0) is 36.6 Å². The zero-order valence-corrected chi connectivity index (χ0v) is 17.0. The minimum Gasteiger partial charge on any atom is -0.490 e. The molecular formula is C21H25F4NO4. The number of benzene rings is 1. The maximum absolute atomic E-state index is 13.5. The highest BCUT2D eigenvalue weighted by Crippen LogP contribution is 2.29. The summed E-state index contributed by atoms with van der Waals surface area (Å²) in [7, 11) is 0. The van der Waals surface area contributed by atoms with Crippen LogP contribution in [-0.4, -0.2) is 25.2 Å². The highest BCUT2D eigenvalue weighted by Gasteiger charge is 2.32. The van der Waals surface area contributed by atoms with E-state index >= 15 is 0 Å². The molecule has 1 aromatic carbocycles. The Morgan fingerprint density at radius 2 is 2.00 bits per heavy atom. The maximum Gasteiger partial charge on any atom is 0.573 e. The lowest BCUT2D eigenvalue weighted by Gasteiger charge is -2.22. The number of alkyl halides is 3. The topological polar surface area (TPSA) is 56.8 Å². The van der Waals surface area contributed by atoms with Gasteiger partial charge in [-0.25, -0.2) is 9.18 Å². The number of ether oxygens (including phenoxy) is 3. The van der Waals surface area contributed by atoms with Crippen LogP contribution < -0.4 is 14.8 Å². The van der Waals surface area contributed by atoms with E-state index in [0.29, 0.717) is 5.70 Å². The Labute approximate surface area is 173 Å². The Morgan fingerprint density at radius 1 is 1.30 bits per heavy atom. The van der Waals surface area contributed by atoms with Crippen LogP contribution in [-0.2, 0) is 4.74 Å². The Bertz CT molecular complexity index is 773. The number of carbonyl (C=O) groups is 1. The van der Waals surface area contributed by atoms with Crippen LogP contribution in [0.5, 0.6) is 11.5 Å². The smallest absolute Gasteiger partial charge is 0.490 e. The van der Waals surface area contributed by atoms with Crippen LogP contribution in [0.3, 0.4) is 0 Å². The summed E-state index contributed by atoms with van der Waals surface area (Å²) in [6.45, 7) is 8.91. The second kappa shape index (κ2) is 11.9. The van der Waals surface area contributed by atoms with Crippen LogP contribution in [0, 0.1) is 11.7 Å². The highest BCUT2D eigenvalue weighted by atomic mass is 19.4. The lowest BCUT2D eigenvalue weighted by atomic mass is 10.1. The van der Waals surface area contributed by atoms with Gasteiger partial charge in [-0.1, -0.05) is 39.5 Å². The largest absolute Gasteiger partial charge is 0.573 e. The number of hydrogen-bond donors (Lipinski definition) is 1. The van der Waals surface area contributed by atoms with Gasteiger partial charge in [0, 0.05) is 11.8 Å². The van der Waals surface area contributed by atoms with Crippen molar-refractivity contribution in [2.75, 3.05) is 6.61 Å². The lowest BCUT2D eigenvalue weighted by molar-refractivity contribution is -0.275. The van der Waals surface area contributed by atoms with E-state index in [1.54, 1.807) is 26.0 Å². The summed E-state index contributed by atoms with van der Waals surface area (Å²) >= 11 is 0. The molecule has 1 rings (SSSR count). The van der Waals surface area contributed by atoms with E-state index in [4.69, 9.17) is 9.47 Å². The van der Waals surface area contributed by atoms with Gasteiger partial charge in [0.25, 0.3) is 0 Å². The van der Waals surface area contributed by atoms with E-state index in [-0.39, 0.29) is 18.3 Å². The first-order chi connectivity index (χ1) is 14.1. The van der Waals surface area contributed by atoms with Crippen LogP contribution in [0.2, 0.25) is 0 Å². The zero-order chi connectivity index (χ0) is 22.7. The van der Waals surface area contributed by atoms with Gasteiger partial charge in [0.15, 0.2) is 11.6 Å². The third kappa shape index (κ3) is 9.49. The molecule has 1 atom stereocenters. The molecule has 30 heavy (non-hydrogen) atoms. The quantitative estimate of drug-likeness (QED) is 0.371. The molecule has 0 aromatic heterocycles. The van der Waals surface area contributed by atoms with Crippen LogP contribution in [0.1, 0.15) is 27.2 Å². The normalized spacial score (nSPS) is 13.3. The standard InChI is InChI=1S/C21H25F4NO4/c1-5-7-9-15(8-6-2)26-20(27)29-19(14(3)4)13-28-16-10-11-17(22)18(12-16)30-21(23,24)25/h6-12,14,19H,2,5,13H2,1,3-4H3,(H,26,27)/b9-7-,15-8+. The average molecular weight is 431 g/mol. The van der Waals surface area contributed by atoms with Crippen LogP contribution >= 0.6 is 0 Å². The third-order valence-corrected chi connectivity index (χ3v) is 3.62. The Hall–Kier alpha value is -2.97. The summed E-state index contributed by atoms with van der Waals surface area (Å²) < 4.78 is 64.9. The van der Waals surface area contributed by atoms with Crippen molar-refractivity contribution in [1.82, 2.24) is 5.32 Å². The van der Waals surface area contributed by atoms with Crippen molar-refractivity contribution in [3.63, 3.8) is 0 Å². The van der Waals surface area contributed by atoms with Gasteiger partial charge in [0.1, 0.15) is 18.5 Å². The summed E-state index contributed by atoms with van der Waals surface area (Å²) in [5.41, 5.74) is 0.479. The number of alkyl carbamates (subject to hydrolysis) is 1. The highest BCUT2D eigenvalue weighted by molar-refractivity contribution is 5.70. The number of rotatable bonds is 10. The average Bonchev–Trinajstić information content (AvgIpc) is 2.64. The van der Waals surface area contributed by atoms with Crippen LogP contribution in [0.15, 0.2) is 54.8 Å². The second-order valence-electron chi connectivity index (χ2n) is 6.43. The fourth-order valence-electron chi connectivity index (χ4n) is 2.11. The van der Waals surface area contributed by atoms with Crippen molar-refractivity contribution >= 4 is 6.09 Å². The van der Waals surface area contributed by atoms with E-state index in [1.807, 2.05) is 13.0 Å². The molecular weight excluding hydrogens is 406 g/mol. The molecule has 0 saturated heterocycles. The predicted octanol–water partition coefficient (Wildman–Crippen LogP) is 5.89. The van der Waals surface area contributed by atoms with Crippen LogP contribution in [0.25, 0.3) is 0 Å². The predicted molar refractivity (Wildman–Crippen MR) is 105 cm³/mol. The number of halogens is 4. The monoisotopic (exact) mass is 431 g/mol. The zero-order valence-electron chi connectivity index (χ0n) is 17.0. The molecule has 1 amide bonds. The van der Waals surface area contributed by atoms with Gasteiger partial charge in [0.05, 0.1) is 0 Å². The molecule has 0 radical (unpaired) electrons. The molecule has 0 fully saturated rings. The molecule has 0 aliphatic heterocycles. The van der Waals surface area contributed by atoms with Crippen molar-refractivity contribution in [3.05, 3.63) is 60.6 Å². The molecule has 0 bridgehead atoms. The van der Waals surface area contributed by atoms with E-state index < -0.39 is 30.1 Å². The third-order valence-electron chi connectivity index (χ3n) is 3.62. The fraction of sp³-hybridized carbons (Fsp3) is 0.381. The fourth-order valence-corrected chi connectivity index (χ4v) is 2.11. The Kier molecular flexibility index (Phi) is 9.94. The van der Waals surface area contributed by atoms with E-state index in [9.17, 15) is 22.4 Å². The van der Waals surface area contributed by atoms with E-state index in [1.165, 1.54) is 6.08 Å². The first kappa shape index (κ1) is 25.1. The lowest BCUT2D eigenvalue weighted by Crippen LogP contribution is -2.34. The SMILES string of the molecule is C=C/C=C(\C=C/CC)NC(=O)OC(COc1ccc(F)c(OC(F)(F)F)c1)C(C)C. The number of allylic oxidation sites excluding steroid dienone is 4. The summed E-state index contributed by atoms with van der Waals surface area (Å²) in [4.78, 5) is 12.2. The Balaban J connectivity index is 2.78. The summed E-state index contributed by atoms with van der Waals surface area (Å²) in [6, 6.07) is 2.72. The Morgan fingerprint density at radius 3 is 2.57 bits per heavy atom. The summed E-state index contributed by atoms with van der Waals surface area (Å²) in [5.74, 6) is -2.43. The first-order valence-electron chi connectivity index (χ1n) is 9.20. The van der Waals surface area contributed by atoms with Crippen molar-refractivity contribution in [2.24, 2.45) is 5.92 Å². The molecule has 9 heteroatoms. The molecule has 0 aliphatic rings. The molecule has 166 valence electrons. The van der Waals surface area contributed by atoms with Crippen molar-refractivity contribution < 1.29 is 36.6 Å². The van der Waals surface area contributed by atoms with Crippen molar-refractivity contribution in [3.8, 4) is 11.5 Å². The molecule has 0 spiro atoms. The summed E-state index contributed by atoms with van der Waals surface area (Å²) in [5, 5.41) is 2.57. The first-order valence-corrected chi connectivity index (χ1v) is 9.20. The van der Waals surface area contributed by atoms with Gasteiger partial charge < -0.3 is 14.2 Å². The van der Waals surface area contributed by atoms with Gasteiger partial charge in [-0.3, -0.25) is 5.32 Å². The molecule has 1 aromatic rings. The summed E-state index contributed by atoms with van der Waals surface area (Å²) in [6.07, 6.45) is 0.921. The molecule has 0 saturated carbocycles. The number of amides is 1. The van der Waals surface area contributed by atoms with Crippen molar-refractivity contribution in [2.45, 2.75) is 39.7 Å². The van der Waals surface area contributed by atoms with Gasteiger partial charge in [-0.15, -0.1) is 13.2 Å².